The molecule has 0 radical (unpaired) electrons. The molecule has 1 aromatic heterocycles. The Morgan fingerprint density at radius 1 is 1.17 bits per heavy atom. The number of nitrogens with one attached hydrogen (secondary N) is 1. The molecule has 0 spiro atoms. The van der Waals surface area contributed by atoms with Crippen LogP contribution in [0.2, 0.25) is 0 Å². The highest BCUT2D eigenvalue weighted by Gasteiger charge is 2.36. The van der Waals surface area contributed by atoms with Crippen LogP contribution in [-0.4, -0.2) is 59.2 Å². The Balaban J connectivity index is 1.40. The number of hydrogen-bond acceptors (Lipinski definition) is 5. The summed E-state index contributed by atoms with van der Waals surface area (Å²) < 4.78 is 24.8. The summed E-state index contributed by atoms with van der Waals surface area (Å²) in [4.78, 5) is 33.0. The molecule has 150 valence electrons. The highest BCUT2D eigenvalue weighted by atomic mass is 19.1. The molecule has 1 N–H and O–H groups in total. The Morgan fingerprint density at radius 3 is 2.72 bits per heavy atom. The molecule has 1 fully saturated rings. The van der Waals surface area contributed by atoms with Crippen molar-refractivity contribution in [2.75, 3.05) is 20.2 Å². The van der Waals surface area contributed by atoms with Gasteiger partial charge in [0, 0.05) is 5.56 Å². The van der Waals surface area contributed by atoms with Crippen LogP contribution in [-0.2, 0) is 16.1 Å². The molecule has 0 aliphatic carbocycles. The average Bonchev–Trinajstić information content (AvgIpc) is 3.33. The first kappa shape index (κ1) is 19.1. The summed E-state index contributed by atoms with van der Waals surface area (Å²) in [5.74, 6) is -0.130. The summed E-state index contributed by atoms with van der Waals surface area (Å²) in [6.45, 7) is 0.253. The van der Waals surface area contributed by atoms with Crippen molar-refractivity contribution in [1.82, 2.24) is 14.9 Å². The van der Waals surface area contributed by atoms with E-state index >= 15 is 0 Å². The third-order valence-electron chi connectivity index (χ3n) is 4.89. The lowest BCUT2D eigenvalue weighted by Gasteiger charge is -2.16. The third kappa shape index (κ3) is 3.97. The van der Waals surface area contributed by atoms with E-state index in [4.69, 9.17) is 9.47 Å². The number of ether oxygens (including phenoxy) is 2. The molecule has 1 amide bonds. The second-order valence-electron chi connectivity index (χ2n) is 6.85. The predicted octanol–water partition coefficient (Wildman–Crippen LogP) is 2.73. The molecule has 29 heavy (non-hydrogen) atoms. The molecule has 2 unspecified atom stereocenters. The van der Waals surface area contributed by atoms with Gasteiger partial charge in [-0.3, -0.25) is 4.79 Å². The molecule has 4 rings (SSSR count). The maximum atomic E-state index is 14.4. The number of rotatable bonds is 5. The van der Waals surface area contributed by atoms with Gasteiger partial charge in [-0.2, -0.15) is 0 Å². The van der Waals surface area contributed by atoms with Crippen LogP contribution in [0.25, 0.3) is 11.0 Å². The van der Waals surface area contributed by atoms with Gasteiger partial charge in [0.25, 0.3) is 5.91 Å². The topological polar surface area (TPSA) is 84.5 Å². The zero-order chi connectivity index (χ0) is 20.4. The van der Waals surface area contributed by atoms with Gasteiger partial charge in [-0.1, -0.05) is 18.2 Å². The number of esters is 1. The van der Waals surface area contributed by atoms with Crippen LogP contribution in [0.15, 0.2) is 48.5 Å². The summed E-state index contributed by atoms with van der Waals surface area (Å²) in [6, 6.07) is 13.8. The highest BCUT2D eigenvalue weighted by Crippen LogP contribution is 2.21. The number of imidazole rings is 1. The zero-order valence-corrected chi connectivity index (χ0v) is 15.8. The number of aromatic amines is 1. The number of methoxy groups -OCH3 is 1. The number of carbonyl (C=O) groups excluding carboxylic acids is 2. The van der Waals surface area contributed by atoms with E-state index in [1.54, 1.807) is 42.5 Å². The standard InChI is InChI=1S/C21H20FN3O4/c1-28-21(27)14-7-8-16-17(9-14)24-19(23-16)12-29-18-11-25(10-15(18)22)20(26)13-5-3-2-4-6-13/h2-9,15,18H,10-12H2,1H3,(H,23,24). The van der Waals surface area contributed by atoms with Crippen LogP contribution in [0.5, 0.6) is 0 Å². The normalized spacial score (nSPS) is 18.9. The minimum atomic E-state index is -1.27. The zero-order valence-electron chi connectivity index (χ0n) is 15.8. The number of benzene rings is 2. The number of carbonyl (C=O) groups is 2. The van der Waals surface area contributed by atoms with Gasteiger partial charge in [0.2, 0.25) is 0 Å². The van der Waals surface area contributed by atoms with Crippen LogP contribution in [0, 0.1) is 0 Å². The molecule has 0 bridgehead atoms. The SMILES string of the molecule is COC(=O)c1ccc2nc(COC3CN(C(=O)c4ccccc4)CC3F)[nH]c2c1. The van der Waals surface area contributed by atoms with Gasteiger partial charge < -0.3 is 19.4 Å². The highest BCUT2D eigenvalue weighted by molar-refractivity contribution is 5.94. The Morgan fingerprint density at radius 2 is 1.97 bits per heavy atom. The molecule has 2 atom stereocenters. The summed E-state index contributed by atoms with van der Waals surface area (Å²) >= 11 is 0. The van der Waals surface area contributed by atoms with Crippen LogP contribution >= 0.6 is 0 Å². The minimum Gasteiger partial charge on any atom is -0.465 e. The van der Waals surface area contributed by atoms with Gasteiger partial charge in [-0.25, -0.2) is 14.2 Å². The molecular weight excluding hydrogens is 377 g/mol. The number of aromatic nitrogens is 2. The van der Waals surface area contributed by atoms with Gasteiger partial charge >= 0.3 is 5.97 Å². The Bertz CT molecular complexity index is 1040. The van der Waals surface area contributed by atoms with E-state index in [1.807, 2.05) is 6.07 Å². The molecule has 2 aromatic carbocycles. The Hall–Kier alpha value is -3.26. The van der Waals surface area contributed by atoms with Crippen molar-refractivity contribution in [1.29, 1.82) is 0 Å². The molecule has 7 nitrogen and oxygen atoms in total. The third-order valence-corrected chi connectivity index (χ3v) is 4.89. The van der Waals surface area contributed by atoms with Crippen molar-refractivity contribution in [2.24, 2.45) is 0 Å². The van der Waals surface area contributed by atoms with E-state index in [1.165, 1.54) is 12.0 Å². The molecular formula is C21H20FN3O4. The lowest BCUT2D eigenvalue weighted by molar-refractivity contribution is 0.00887. The molecule has 8 heteroatoms. The Kier molecular flexibility index (Phi) is 5.26. The number of H-pyrrole nitrogens is 1. The van der Waals surface area contributed by atoms with Crippen LogP contribution in [0.3, 0.4) is 0 Å². The summed E-state index contributed by atoms with van der Waals surface area (Å²) in [5, 5.41) is 0. The van der Waals surface area contributed by atoms with Crippen LogP contribution in [0.1, 0.15) is 26.5 Å². The van der Waals surface area contributed by atoms with E-state index in [2.05, 4.69) is 9.97 Å². The lowest BCUT2D eigenvalue weighted by Crippen LogP contribution is -2.30. The second-order valence-corrected chi connectivity index (χ2v) is 6.85. The second kappa shape index (κ2) is 8.00. The van der Waals surface area contributed by atoms with E-state index in [9.17, 15) is 14.0 Å². The van der Waals surface area contributed by atoms with Crippen molar-refractivity contribution in [3.8, 4) is 0 Å². The van der Waals surface area contributed by atoms with E-state index in [0.29, 0.717) is 28.0 Å². The number of hydrogen-bond donors (Lipinski definition) is 1. The molecule has 3 aromatic rings. The number of likely N-dealkylation sites (tertiary alicyclic amines) is 1. The minimum absolute atomic E-state index is 0.00101. The van der Waals surface area contributed by atoms with Crippen molar-refractivity contribution in [3.63, 3.8) is 0 Å². The monoisotopic (exact) mass is 397 g/mol. The van der Waals surface area contributed by atoms with Gasteiger partial charge in [0.05, 0.1) is 36.8 Å². The maximum Gasteiger partial charge on any atom is 0.337 e. The fraction of sp³-hybridized carbons (Fsp3) is 0.286. The number of alkyl halides is 1. The van der Waals surface area contributed by atoms with E-state index < -0.39 is 18.2 Å². The van der Waals surface area contributed by atoms with Gasteiger partial charge in [-0.05, 0) is 30.3 Å². The fourth-order valence-electron chi connectivity index (χ4n) is 3.38. The predicted molar refractivity (Wildman–Crippen MR) is 103 cm³/mol. The first-order valence-electron chi connectivity index (χ1n) is 9.22. The Labute approximate surface area is 166 Å². The fourth-order valence-corrected chi connectivity index (χ4v) is 3.38. The van der Waals surface area contributed by atoms with E-state index in [0.717, 1.165) is 0 Å². The summed E-state index contributed by atoms with van der Waals surface area (Å²) in [7, 11) is 1.32. The van der Waals surface area contributed by atoms with Crippen molar-refractivity contribution in [2.45, 2.75) is 18.9 Å². The van der Waals surface area contributed by atoms with Crippen molar-refractivity contribution < 1.29 is 23.5 Å². The molecule has 1 aliphatic heterocycles. The smallest absolute Gasteiger partial charge is 0.337 e. The molecule has 1 saturated heterocycles. The summed E-state index contributed by atoms with van der Waals surface area (Å²) in [5.41, 5.74) is 2.26. The van der Waals surface area contributed by atoms with Crippen molar-refractivity contribution in [3.05, 3.63) is 65.5 Å². The molecule has 2 heterocycles. The number of nitrogens with zero attached hydrogens (tertiary/aromatic N) is 2. The number of fused-ring (bicyclic) bond motifs is 1. The largest absolute Gasteiger partial charge is 0.465 e. The van der Waals surface area contributed by atoms with Gasteiger partial charge in [-0.15, -0.1) is 0 Å². The maximum absolute atomic E-state index is 14.4. The number of amides is 1. The lowest BCUT2D eigenvalue weighted by atomic mass is 10.2. The van der Waals surface area contributed by atoms with Crippen LogP contribution < -0.4 is 0 Å². The molecule has 0 saturated carbocycles. The van der Waals surface area contributed by atoms with E-state index in [-0.39, 0.29) is 25.6 Å². The first-order valence-corrected chi connectivity index (χ1v) is 9.22. The first-order chi connectivity index (χ1) is 14.0. The van der Waals surface area contributed by atoms with Gasteiger partial charge in [0.15, 0.2) is 0 Å². The summed E-state index contributed by atoms with van der Waals surface area (Å²) in [6.07, 6.45) is -1.99. The van der Waals surface area contributed by atoms with Crippen LogP contribution in [0.4, 0.5) is 4.39 Å². The molecule has 1 aliphatic rings. The average molecular weight is 397 g/mol. The quantitative estimate of drug-likeness (QED) is 0.670. The number of halogens is 1. The van der Waals surface area contributed by atoms with Crippen molar-refractivity contribution >= 4 is 22.9 Å². The van der Waals surface area contributed by atoms with Gasteiger partial charge in [0.1, 0.15) is 24.7 Å².